The SMILES string of the molecule is CC(C)c1cccc(F)c1C(=O)N1CCC(C)(F)C1. The van der Waals surface area contributed by atoms with Crippen LogP contribution < -0.4 is 0 Å². The number of rotatable bonds is 2. The van der Waals surface area contributed by atoms with E-state index in [1.165, 1.54) is 17.9 Å². The van der Waals surface area contributed by atoms with E-state index in [2.05, 4.69) is 0 Å². The fourth-order valence-corrected chi connectivity index (χ4v) is 2.50. The quantitative estimate of drug-likeness (QED) is 0.802. The summed E-state index contributed by atoms with van der Waals surface area (Å²) in [6, 6.07) is 4.64. The number of carbonyl (C=O) groups is 1. The summed E-state index contributed by atoms with van der Waals surface area (Å²) < 4.78 is 27.8. The minimum absolute atomic E-state index is 0.0394. The lowest BCUT2D eigenvalue weighted by Crippen LogP contribution is -2.33. The Morgan fingerprint density at radius 2 is 2.11 bits per heavy atom. The highest BCUT2D eigenvalue weighted by Crippen LogP contribution is 2.29. The molecule has 1 unspecified atom stereocenters. The molecule has 1 aliphatic heterocycles. The highest BCUT2D eigenvalue weighted by atomic mass is 19.1. The van der Waals surface area contributed by atoms with Gasteiger partial charge >= 0.3 is 0 Å². The van der Waals surface area contributed by atoms with Crippen LogP contribution in [0.4, 0.5) is 8.78 Å². The second-order valence-electron chi connectivity index (χ2n) is 5.75. The first-order valence-corrected chi connectivity index (χ1v) is 6.58. The van der Waals surface area contributed by atoms with Crippen molar-refractivity contribution in [3.05, 3.63) is 35.1 Å². The summed E-state index contributed by atoms with van der Waals surface area (Å²) in [5, 5.41) is 0. The van der Waals surface area contributed by atoms with Crippen molar-refractivity contribution in [1.29, 1.82) is 0 Å². The lowest BCUT2D eigenvalue weighted by atomic mass is 9.96. The summed E-state index contributed by atoms with van der Waals surface area (Å²) in [5.41, 5.74) is -0.591. The maximum Gasteiger partial charge on any atom is 0.257 e. The number of nitrogens with zero attached hydrogens (tertiary/aromatic N) is 1. The lowest BCUT2D eigenvalue weighted by molar-refractivity contribution is 0.0754. The molecule has 0 bridgehead atoms. The molecule has 104 valence electrons. The molecule has 0 N–H and O–H groups in total. The monoisotopic (exact) mass is 267 g/mol. The van der Waals surface area contributed by atoms with Gasteiger partial charge in [0, 0.05) is 13.0 Å². The van der Waals surface area contributed by atoms with Gasteiger partial charge in [-0.3, -0.25) is 4.79 Å². The topological polar surface area (TPSA) is 20.3 Å². The number of likely N-dealkylation sites (tertiary alicyclic amines) is 1. The van der Waals surface area contributed by atoms with Gasteiger partial charge in [-0.05, 0) is 24.5 Å². The van der Waals surface area contributed by atoms with Crippen LogP contribution in [0.2, 0.25) is 0 Å². The highest BCUT2D eigenvalue weighted by Gasteiger charge is 2.37. The van der Waals surface area contributed by atoms with Gasteiger partial charge in [-0.25, -0.2) is 8.78 Å². The first kappa shape index (κ1) is 14.0. The molecular formula is C15H19F2NO. The molecule has 1 atom stereocenters. The predicted octanol–water partition coefficient (Wildman–Crippen LogP) is 3.52. The van der Waals surface area contributed by atoms with Gasteiger partial charge in [0.1, 0.15) is 11.5 Å². The largest absolute Gasteiger partial charge is 0.335 e. The zero-order valence-electron chi connectivity index (χ0n) is 11.5. The van der Waals surface area contributed by atoms with Crippen LogP contribution in [0, 0.1) is 5.82 Å². The third-order valence-electron chi connectivity index (χ3n) is 3.59. The summed E-state index contributed by atoms with van der Waals surface area (Å²) in [6.45, 7) is 5.68. The minimum atomic E-state index is -1.36. The number of halogens is 2. The van der Waals surface area contributed by atoms with Crippen LogP contribution in [0.5, 0.6) is 0 Å². The molecule has 1 amide bonds. The third kappa shape index (κ3) is 2.77. The van der Waals surface area contributed by atoms with Crippen LogP contribution in [-0.4, -0.2) is 29.6 Å². The molecule has 0 aliphatic carbocycles. The Hall–Kier alpha value is -1.45. The van der Waals surface area contributed by atoms with E-state index in [9.17, 15) is 13.6 Å². The molecule has 0 saturated carbocycles. The van der Waals surface area contributed by atoms with E-state index >= 15 is 0 Å². The molecular weight excluding hydrogens is 248 g/mol. The van der Waals surface area contributed by atoms with E-state index < -0.39 is 17.4 Å². The molecule has 1 fully saturated rings. The van der Waals surface area contributed by atoms with E-state index in [1.807, 2.05) is 13.8 Å². The second-order valence-corrected chi connectivity index (χ2v) is 5.75. The minimum Gasteiger partial charge on any atom is -0.335 e. The van der Waals surface area contributed by atoms with Crippen molar-refractivity contribution in [1.82, 2.24) is 4.90 Å². The Morgan fingerprint density at radius 3 is 2.63 bits per heavy atom. The van der Waals surface area contributed by atoms with Gasteiger partial charge in [-0.15, -0.1) is 0 Å². The van der Waals surface area contributed by atoms with Gasteiger partial charge in [-0.2, -0.15) is 0 Å². The van der Waals surface area contributed by atoms with E-state index in [1.54, 1.807) is 12.1 Å². The highest BCUT2D eigenvalue weighted by molar-refractivity contribution is 5.96. The molecule has 0 radical (unpaired) electrons. The van der Waals surface area contributed by atoms with Gasteiger partial charge in [0.05, 0.1) is 12.1 Å². The molecule has 0 spiro atoms. The summed E-state index contributed by atoms with van der Waals surface area (Å²) in [6.07, 6.45) is 0.310. The number of carbonyl (C=O) groups excluding carboxylic acids is 1. The van der Waals surface area contributed by atoms with Gasteiger partial charge in [-0.1, -0.05) is 26.0 Å². The molecule has 1 aliphatic rings. The fourth-order valence-electron chi connectivity index (χ4n) is 2.50. The molecule has 0 aromatic heterocycles. The second kappa shape index (κ2) is 4.91. The number of hydrogen-bond acceptors (Lipinski definition) is 1. The summed E-state index contributed by atoms with van der Waals surface area (Å²) >= 11 is 0. The summed E-state index contributed by atoms with van der Waals surface area (Å²) in [7, 11) is 0. The Balaban J connectivity index is 2.34. The number of alkyl halides is 1. The molecule has 1 aromatic rings. The van der Waals surface area contributed by atoms with Gasteiger partial charge in [0.15, 0.2) is 0 Å². The van der Waals surface area contributed by atoms with E-state index in [0.29, 0.717) is 18.5 Å². The number of benzene rings is 1. The van der Waals surface area contributed by atoms with Crippen molar-refractivity contribution in [2.24, 2.45) is 0 Å². The first-order chi connectivity index (χ1) is 8.82. The molecule has 2 rings (SSSR count). The average Bonchev–Trinajstić information content (AvgIpc) is 2.68. The van der Waals surface area contributed by atoms with Crippen LogP contribution in [0.3, 0.4) is 0 Å². The standard InChI is InChI=1S/C15H19F2NO/c1-10(2)11-5-4-6-12(16)13(11)14(19)18-8-7-15(3,17)9-18/h4-6,10H,7-9H2,1-3H3. The molecule has 4 heteroatoms. The van der Waals surface area contributed by atoms with Crippen molar-refractivity contribution < 1.29 is 13.6 Å². The van der Waals surface area contributed by atoms with E-state index in [0.717, 1.165) is 0 Å². The molecule has 1 aromatic carbocycles. The number of amides is 1. The first-order valence-electron chi connectivity index (χ1n) is 6.58. The Labute approximate surface area is 112 Å². The maximum atomic E-state index is 14.0. The van der Waals surface area contributed by atoms with Crippen LogP contribution in [0.25, 0.3) is 0 Å². The van der Waals surface area contributed by atoms with Crippen molar-refractivity contribution in [3.63, 3.8) is 0 Å². The Bertz CT molecular complexity index is 497. The van der Waals surface area contributed by atoms with Crippen LogP contribution in [0.1, 0.15) is 49.0 Å². The van der Waals surface area contributed by atoms with Gasteiger partial charge < -0.3 is 4.90 Å². The summed E-state index contributed by atoms with van der Waals surface area (Å²) in [5.74, 6) is -0.874. The van der Waals surface area contributed by atoms with Crippen LogP contribution in [0.15, 0.2) is 18.2 Å². The maximum absolute atomic E-state index is 14.0. The summed E-state index contributed by atoms with van der Waals surface area (Å²) in [4.78, 5) is 13.8. The smallest absolute Gasteiger partial charge is 0.257 e. The van der Waals surface area contributed by atoms with Crippen LogP contribution in [-0.2, 0) is 0 Å². The number of hydrogen-bond donors (Lipinski definition) is 0. The molecule has 19 heavy (non-hydrogen) atoms. The fraction of sp³-hybridized carbons (Fsp3) is 0.533. The predicted molar refractivity (Wildman–Crippen MR) is 70.5 cm³/mol. The molecule has 1 heterocycles. The van der Waals surface area contributed by atoms with Crippen molar-refractivity contribution in [2.45, 2.75) is 38.8 Å². The van der Waals surface area contributed by atoms with Crippen LogP contribution >= 0.6 is 0 Å². The third-order valence-corrected chi connectivity index (χ3v) is 3.59. The Kier molecular flexibility index (Phi) is 3.61. The molecule has 1 saturated heterocycles. The Morgan fingerprint density at radius 1 is 1.42 bits per heavy atom. The van der Waals surface area contributed by atoms with E-state index in [4.69, 9.17) is 0 Å². The zero-order valence-corrected chi connectivity index (χ0v) is 11.5. The van der Waals surface area contributed by atoms with Gasteiger partial charge in [0.2, 0.25) is 0 Å². The average molecular weight is 267 g/mol. The molecule has 2 nitrogen and oxygen atoms in total. The van der Waals surface area contributed by atoms with Crippen molar-refractivity contribution in [2.75, 3.05) is 13.1 Å². The normalized spacial score (nSPS) is 23.2. The van der Waals surface area contributed by atoms with Crippen molar-refractivity contribution >= 4 is 5.91 Å². The van der Waals surface area contributed by atoms with Crippen molar-refractivity contribution in [3.8, 4) is 0 Å². The van der Waals surface area contributed by atoms with E-state index in [-0.39, 0.29) is 18.0 Å². The lowest BCUT2D eigenvalue weighted by Gasteiger charge is -2.20. The van der Waals surface area contributed by atoms with Gasteiger partial charge in [0.25, 0.3) is 5.91 Å². The zero-order chi connectivity index (χ0) is 14.2.